The second-order valence-electron chi connectivity index (χ2n) is 6.03. The number of benzene rings is 2. The van der Waals surface area contributed by atoms with Gasteiger partial charge in [0.1, 0.15) is 0 Å². The first-order valence-corrected chi connectivity index (χ1v) is 7.67. The summed E-state index contributed by atoms with van der Waals surface area (Å²) >= 11 is 0. The monoisotopic (exact) mass is 309 g/mol. The van der Waals surface area contributed by atoms with Crippen LogP contribution in [-0.4, -0.2) is 11.9 Å². The van der Waals surface area contributed by atoms with Gasteiger partial charge in [-0.3, -0.25) is 4.79 Å². The molecule has 4 rings (SSSR count). The highest BCUT2D eigenvalue weighted by Crippen LogP contribution is 2.35. The lowest BCUT2D eigenvalue weighted by Crippen LogP contribution is -2.35. The van der Waals surface area contributed by atoms with E-state index >= 15 is 0 Å². The average molecular weight is 309 g/mol. The summed E-state index contributed by atoms with van der Waals surface area (Å²) in [4.78, 5) is 14.8. The molecule has 0 saturated carbocycles. The number of carbonyl (C=O) groups excluding carboxylic acids is 1. The second-order valence-corrected chi connectivity index (χ2v) is 6.03. The number of nitrogens with zero attached hydrogens (tertiary/aromatic N) is 1. The van der Waals surface area contributed by atoms with Crippen molar-refractivity contribution in [2.24, 2.45) is 0 Å². The maximum atomic E-state index is 13.9. The molecule has 0 N–H and O–H groups in total. The smallest absolute Gasteiger partial charge is 0.294 e. The van der Waals surface area contributed by atoms with Crippen molar-refractivity contribution in [3.63, 3.8) is 0 Å². The molecular formula is C19H16FNO2. The maximum absolute atomic E-state index is 13.9. The van der Waals surface area contributed by atoms with Gasteiger partial charge in [0.15, 0.2) is 17.2 Å². The van der Waals surface area contributed by atoms with E-state index in [1.54, 1.807) is 24.0 Å². The molecule has 0 radical (unpaired) electrons. The van der Waals surface area contributed by atoms with E-state index in [0.717, 1.165) is 17.7 Å². The van der Waals surface area contributed by atoms with E-state index in [4.69, 9.17) is 4.42 Å². The fourth-order valence-corrected chi connectivity index (χ4v) is 3.40. The van der Waals surface area contributed by atoms with E-state index in [9.17, 15) is 9.18 Å². The third-order valence-electron chi connectivity index (χ3n) is 4.54. The molecule has 1 aliphatic rings. The fraction of sp³-hybridized carbons (Fsp3) is 0.211. The normalized spacial score (nSPS) is 16.8. The molecule has 0 aliphatic carbocycles. The minimum atomic E-state index is -0.445. The number of aryl methyl sites for hydroxylation is 1. The number of hydrogen-bond acceptors (Lipinski definition) is 2. The number of rotatable bonds is 1. The van der Waals surface area contributed by atoms with E-state index in [1.165, 1.54) is 6.07 Å². The topological polar surface area (TPSA) is 33.5 Å². The van der Waals surface area contributed by atoms with E-state index in [1.807, 2.05) is 31.2 Å². The van der Waals surface area contributed by atoms with Crippen molar-refractivity contribution < 1.29 is 13.6 Å². The first-order valence-electron chi connectivity index (χ1n) is 7.67. The van der Waals surface area contributed by atoms with Gasteiger partial charge in [-0.2, -0.15) is 0 Å². The lowest BCUT2D eigenvalue weighted by atomic mass is 10.1. The molecular weight excluding hydrogens is 293 g/mol. The van der Waals surface area contributed by atoms with Crippen LogP contribution in [0.2, 0.25) is 0 Å². The van der Waals surface area contributed by atoms with E-state index in [-0.39, 0.29) is 23.3 Å². The van der Waals surface area contributed by atoms with Crippen molar-refractivity contribution in [2.75, 3.05) is 4.90 Å². The fourth-order valence-electron chi connectivity index (χ4n) is 3.40. The van der Waals surface area contributed by atoms with Crippen LogP contribution in [0.1, 0.15) is 28.6 Å². The van der Waals surface area contributed by atoms with Crippen LogP contribution in [0.5, 0.6) is 0 Å². The Bertz CT molecular complexity index is 928. The Morgan fingerprint density at radius 1 is 1.22 bits per heavy atom. The van der Waals surface area contributed by atoms with Crippen molar-refractivity contribution in [1.82, 2.24) is 0 Å². The number of anilines is 1. The molecule has 1 aliphatic heterocycles. The van der Waals surface area contributed by atoms with E-state index in [2.05, 4.69) is 0 Å². The summed E-state index contributed by atoms with van der Waals surface area (Å²) in [5, 5.41) is 0.647. The zero-order valence-electron chi connectivity index (χ0n) is 13.0. The molecule has 23 heavy (non-hydrogen) atoms. The highest BCUT2D eigenvalue weighted by molar-refractivity contribution is 6.09. The first kappa shape index (κ1) is 14.0. The van der Waals surface area contributed by atoms with Crippen LogP contribution in [0.3, 0.4) is 0 Å². The SMILES string of the molecule is Cc1c(C(=O)N2c3ccccc3CC2C)oc2c(F)cccc12. The third kappa shape index (κ3) is 1.98. The largest absolute Gasteiger partial charge is 0.448 e. The first-order chi connectivity index (χ1) is 11.1. The number of halogens is 1. The van der Waals surface area contributed by atoms with Gasteiger partial charge in [-0.15, -0.1) is 0 Å². The maximum Gasteiger partial charge on any atom is 0.294 e. The zero-order valence-corrected chi connectivity index (χ0v) is 13.0. The summed E-state index contributed by atoms with van der Waals surface area (Å²) in [5.41, 5.74) is 2.88. The van der Waals surface area contributed by atoms with Gasteiger partial charge in [-0.25, -0.2) is 4.39 Å². The van der Waals surface area contributed by atoms with Crippen LogP contribution in [0.4, 0.5) is 10.1 Å². The molecule has 116 valence electrons. The highest BCUT2D eigenvalue weighted by atomic mass is 19.1. The summed E-state index contributed by atoms with van der Waals surface area (Å²) in [5.74, 6) is -0.441. The molecule has 3 nitrogen and oxygen atoms in total. The van der Waals surface area contributed by atoms with Crippen molar-refractivity contribution in [3.05, 3.63) is 65.2 Å². The Morgan fingerprint density at radius 3 is 2.78 bits per heavy atom. The molecule has 0 bridgehead atoms. The number of hydrogen-bond donors (Lipinski definition) is 0. The third-order valence-corrected chi connectivity index (χ3v) is 4.54. The predicted octanol–water partition coefficient (Wildman–Crippen LogP) is 4.47. The molecule has 0 saturated heterocycles. The zero-order chi connectivity index (χ0) is 16.1. The molecule has 1 aromatic heterocycles. The Morgan fingerprint density at radius 2 is 2.00 bits per heavy atom. The molecule has 1 atom stereocenters. The van der Waals surface area contributed by atoms with Gasteiger partial charge in [0.05, 0.1) is 0 Å². The highest BCUT2D eigenvalue weighted by Gasteiger charge is 2.34. The number of fused-ring (bicyclic) bond motifs is 2. The van der Waals surface area contributed by atoms with Crippen molar-refractivity contribution in [1.29, 1.82) is 0 Å². The number of furan rings is 1. The van der Waals surface area contributed by atoms with Crippen LogP contribution in [0.25, 0.3) is 11.0 Å². The molecule has 3 aromatic rings. The predicted molar refractivity (Wildman–Crippen MR) is 87.3 cm³/mol. The van der Waals surface area contributed by atoms with Crippen molar-refractivity contribution in [2.45, 2.75) is 26.3 Å². The van der Waals surface area contributed by atoms with Gasteiger partial charge in [0, 0.05) is 22.7 Å². The summed E-state index contributed by atoms with van der Waals surface area (Å²) in [6.07, 6.45) is 0.815. The van der Waals surface area contributed by atoms with Gasteiger partial charge in [-0.1, -0.05) is 30.3 Å². The Balaban J connectivity index is 1.84. The Kier molecular flexibility index (Phi) is 3.01. The molecule has 0 fully saturated rings. The summed E-state index contributed by atoms with van der Waals surface area (Å²) in [6, 6.07) is 12.7. The molecule has 1 unspecified atom stereocenters. The van der Waals surface area contributed by atoms with E-state index in [0.29, 0.717) is 10.9 Å². The van der Waals surface area contributed by atoms with Crippen LogP contribution >= 0.6 is 0 Å². The van der Waals surface area contributed by atoms with E-state index < -0.39 is 5.82 Å². The van der Waals surface area contributed by atoms with Gasteiger partial charge < -0.3 is 9.32 Å². The van der Waals surface area contributed by atoms with Crippen LogP contribution in [0, 0.1) is 12.7 Å². The Labute approximate surface area is 133 Å². The molecule has 2 heterocycles. The lowest BCUT2D eigenvalue weighted by Gasteiger charge is -2.21. The minimum Gasteiger partial charge on any atom is -0.448 e. The Hall–Kier alpha value is -2.62. The van der Waals surface area contributed by atoms with Crippen LogP contribution in [0.15, 0.2) is 46.9 Å². The van der Waals surface area contributed by atoms with Crippen LogP contribution < -0.4 is 4.90 Å². The van der Waals surface area contributed by atoms with Gasteiger partial charge >= 0.3 is 0 Å². The number of amides is 1. The average Bonchev–Trinajstić information content (AvgIpc) is 3.05. The van der Waals surface area contributed by atoms with Crippen LogP contribution in [-0.2, 0) is 6.42 Å². The summed E-state index contributed by atoms with van der Waals surface area (Å²) in [6.45, 7) is 3.81. The van der Waals surface area contributed by atoms with Gasteiger partial charge in [-0.05, 0) is 38.0 Å². The number of para-hydroxylation sites is 2. The standard InChI is InChI=1S/C19H16FNO2/c1-11-10-13-6-3-4-9-16(13)21(11)19(22)17-12(2)14-7-5-8-15(20)18(14)23-17/h3-9,11H,10H2,1-2H3. The second kappa shape index (κ2) is 4.95. The molecule has 1 amide bonds. The quantitative estimate of drug-likeness (QED) is 0.664. The van der Waals surface area contributed by atoms with Gasteiger partial charge in [0.25, 0.3) is 5.91 Å². The lowest BCUT2D eigenvalue weighted by molar-refractivity contribution is 0.0955. The van der Waals surface area contributed by atoms with Gasteiger partial charge in [0.2, 0.25) is 0 Å². The number of carbonyl (C=O) groups is 1. The summed E-state index contributed by atoms with van der Waals surface area (Å²) < 4.78 is 19.5. The summed E-state index contributed by atoms with van der Waals surface area (Å²) in [7, 11) is 0. The van der Waals surface area contributed by atoms with Crippen molar-refractivity contribution in [3.8, 4) is 0 Å². The molecule has 4 heteroatoms. The molecule has 2 aromatic carbocycles. The molecule has 0 spiro atoms. The minimum absolute atomic E-state index is 0.0531. The van der Waals surface area contributed by atoms with Crippen molar-refractivity contribution >= 4 is 22.6 Å².